The summed E-state index contributed by atoms with van der Waals surface area (Å²) < 4.78 is 1.49. The molecule has 2 aromatic rings. The van der Waals surface area contributed by atoms with Gasteiger partial charge in [0.05, 0.1) is 4.92 Å². The minimum atomic E-state index is -0.390. The Hall–Kier alpha value is -1.11. The summed E-state index contributed by atoms with van der Waals surface area (Å²) in [5.41, 5.74) is 1.52. The van der Waals surface area contributed by atoms with Crippen molar-refractivity contribution in [1.29, 1.82) is 0 Å². The molecule has 0 aliphatic heterocycles. The first kappa shape index (κ1) is 15.3. The van der Waals surface area contributed by atoms with Crippen LogP contribution in [0.25, 0.3) is 0 Å². The van der Waals surface area contributed by atoms with Crippen LogP contribution in [0.4, 0.5) is 11.4 Å². The summed E-state index contributed by atoms with van der Waals surface area (Å²) in [5, 5.41) is 14.8. The lowest BCUT2D eigenvalue weighted by Gasteiger charge is -2.09. The van der Waals surface area contributed by atoms with Crippen molar-refractivity contribution in [3.63, 3.8) is 0 Å². The molecule has 0 spiro atoms. The highest BCUT2D eigenvalue weighted by Crippen LogP contribution is 2.28. The van der Waals surface area contributed by atoms with Gasteiger partial charge in [-0.2, -0.15) is 0 Å². The van der Waals surface area contributed by atoms with E-state index < -0.39 is 4.92 Å². The average molecular weight is 420 g/mol. The highest BCUT2D eigenvalue weighted by molar-refractivity contribution is 9.10. The molecule has 0 radical (unpaired) electrons. The molecule has 0 aliphatic rings. The Morgan fingerprint density at radius 3 is 2.60 bits per heavy atom. The molecule has 1 N–H and O–H groups in total. The van der Waals surface area contributed by atoms with E-state index in [1.807, 2.05) is 6.07 Å². The van der Waals surface area contributed by atoms with Crippen molar-refractivity contribution in [2.24, 2.45) is 0 Å². The third-order valence-corrected chi connectivity index (χ3v) is 4.03. The van der Waals surface area contributed by atoms with Crippen LogP contribution in [0.3, 0.4) is 0 Å². The van der Waals surface area contributed by atoms with Crippen molar-refractivity contribution < 1.29 is 4.92 Å². The highest BCUT2D eigenvalue weighted by atomic mass is 79.9. The fraction of sp³-hybridized carbons (Fsp3) is 0.0769. The quantitative estimate of drug-likeness (QED) is 0.533. The maximum absolute atomic E-state index is 11.0. The van der Waals surface area contributed by atoms with Gasteiger partial charge in [-0.3, -0.25) is 10.1 Å². The first-order valence-corrected chi connectivity index (χ1v) is 7.55. The fourth-order valence-electron chi connectivity index (χ4n) is 1.68. The minimum Gasteiger partial charge on any atom is -0.380 e. The Labute approximate surface area is 137 Å². The molecule has 104 valence electrons. The monoisotopic (exact) mass is 418 g/mol. The summed E-state index contributed by atoms with van der Waals surface area (Å²) >= 11 is 12.5. The van der Waals surface area contributed by atoms with Crippen molar-refractivity contribution in [1.82, 2.24) is 0 Å². The molecule has 0 aromatic heterocycles. The van der Waals surface area contributed by atoms with Crippen LogP contribution < -0.4 is 5.32 Å². The smallest absolute Gasteiger partial charge is 0.275 e. The second kappa shape index (κ2) is 6.56. The highest BCUT2D eigenvalue weighted by Gasteiger charge is 2.14. The Kier molecular flexibility index (Phi) is 5.01. The predicted octanol–water partition coefficient (Wildman–Crippen LogP) is 5.39. The van der Waals surface area contributed by atoms with Gasteiger partial charge in [-0.1, -0.05) is 27.5 Å². The molecule has 0 aliphatic carbocycles. The van der Waals surface area contributed by atoms with Gasteiger partial charge >= 0.3 is 0 Å². The van der Waals surface area contributed by atoms with Crippen molar-refractivity contribution in [3.8, 4) is 0 Å². The standard InChI is InChI=1S/C13H9Br2ClN2O2/c14-9-2-1-8(13(5-9)18(19)20)7-17-12-4-3-10(16)6-11(12)15/h1-6,17H,7H2. The van der Waals surface area contributed by atoms with E-state index in [0.29, 0.717) is 21.6 Å². The molecule has 0 fully saturated rings. The van der Waals surface area contributed by atoms with E-state index in [4.69, 9.17) is 11.6 Å². The van der Waals surface area contributed by atoms with Crippen molar-refractivity contribution in [2.45, 2.75) is 6.54 Å². The zero-order valence-electron chi connectivity index (χ0n) is 10.1. The van der Waals surface area contributed by atoms with Crippen LogP contribution in [0.2, 0.25) is 5.02 Å². The molecule has 0 saturated carbocycles. The number of nitro benzene ring substituents is 1. The van der Waals surface area contributed by atoms with Crippen LogP contribution >= 0.6 is 43.5 Å². The Morgan fingerprint density at radius 1 is 1.20 bits per heavy atom. The predicted molar refractivity (Wildman–Crippen MR) is 87.3 cm³/mol. The van der Waals surface area contributed by atoms with Gasteiger partial charge in [0.25, 0.3) is 5.69 Å². The lowest BCUT2D eigenvalue weighted by atomic mass is 10.2. The van der Waals surface area contributed by atoms with Crippen molar-refractivity contribution >= 4 is 54.8 Å². The second-order valence-electron chi connectivity index (χ2n) is 4.01. The number of benzene rings is 2. The van der Waals surface area contributed by atoms with Gasteiger partial charge < -0.3 is 5.32 Å². The number of hydrogen-bond acceptors (Lipinski definition) is 3. The molecule has 0 unspecified atom stereocenters. The van der Waals surface area contributed by atoms with Crippen molar-refractivity contribution in [2.75, 3.05) is 5.32 Å². The van der Waals surface area contributed by atoms with E-state index in [1.165, 1.54) is 6.07 Å². The molecule has 0 amide bonds. The van der Waals surface area contributed by atoms with Crippen LogP contribution in [-0.2, 0) is 6.54 Å². The maximum Gasteiger partial charge on any atom is 0.275 e. The molecule has 7 heteroatoms. The zero-order valence-corrected chi connectivity index (χ0v) is 14.0. The lowest BCUT2D eigenvalue weighted by Crippen LogP contribution is -2.03. The van der Waals surface area contributed by atoms with E-state index in [1.54, 1.807) is 24.3 Å². The van der Waals surface area contributed by atoms with E-state index in [2.05, 4.69) is 37.2 Å². The number of rotatable bonds is 4. The Balaban J connectivity index is 2.20. The zero-order chi connectivity index (χ0) is 14.7. The van der Waals surface area contributed by atoms with E-state index in [0.717, 1.165) is 10.2 Å². The van der Waals surface area contributed by atoms with Crippen LogP contribution in [0.1, 0.15) is 5.56 Å². The molecule has 2 aromatic carbocycles. The molecule has 20 heavy (non-hydrogen) atoms. The second-order valence-corrected chi connectivity index (χ2v) is 6.21. The molecule has 0 atom stereocenters. The van der Waals surface area contributed by atoms with E-state index in [-0.39, 0.29) is 5.69 Å². The Bertz CT molecular complexity index is 665. The Morgan fingerprint density at radius 2 is 1.95 bits per heavy atom. The number of nitrogens with zero attached hydrogens (tertiary/aromatic N) is 1. The third kappa shape index (κ3) is 3.71. The number of nitrogens with one attached hydrogen (secondary N) is 1. The average Bonchev–Trinajstić information content (AvgIpc) is 2.38. The molecule has 2 rings (SSSR count). The van der Waals surface area contributed by atoms with E-state index >= 15 is 0 Å². The van der Waals surface area contributed by atoms with Crippen LogP contribution in [-0.4, -0.2) is 4.92 Å². The van der Waals surface area contributed by atoms with Gasteiger partial charge in [0.2, 0.25) is 0 Å². The van der Waals surface area contributed by atoms with Crippen LogP contribution in [0, 0.1) is 10.1 Å². The molecule has 4 nitrogen and oxygen atoms in total. The molecule has 0 heterocycles. The summed E-state index contributed by atoms with van der Waals surface area (Å²) in [6.45, 7) is 0.351. The normalized spacial score (nSPS) is 10.3. The van der Waals surface area contributed by atoms with Gasteiger partial charge in [0.1, 0.15) is 0 Å². The summed E-state index contributed by atoms with van der Waals surface area (Å²) in [5.74, 6) is 0. The fourth-order valence-corrected chi connectivity index (χ4v) is 2.85. The maximum atomic E-state index is 11.0. The van der Waals surface area contributed by atoms with Crippen LogP contribution in [0.5, 0.6) is 0 Å². The minimum absolute atomic E-state index is 0.0805. The third-order valence-electron chi connectivity index (χ3n) is 2.64. The number of anilines is 1. The largest absolute Gasteiger partial charge is 0.380 e. The SMILES string of the molecule is O=[N+]([O-])c1cc(Br)ccc1CNc1ccc(Cl)cc1Br. The molecular weight excluding hydrogens is 411 g/mol. The molecule has 0 bridgehead atoms. The number of hydrogen-bond donors (Lipinski definition) is 1. The summed E-state index contributed by atoms with van der Waals surface area (Å²) in [4.78, 5) is 10.6. The topological polar surface area (TPSA) is 55.2 Å². The van der Waals surface area contributed by atoms with Gasteiger partial charge in [0, 0.05) is 37.8 Å². The summed E-state index contributed by atoms with van der Waals surface area (Å²) in [6, 6.07) is 10.3. The van der Waals surface area contributed by atoms with Gasteiger partial charge in [-0.05, 0) is 46.3 Å². The number of nitro groups is 1. The lowest BCUT2D eigenvalue weighted by molar-refractivity contribution is -0.385. The first-order valence-electron chi connectivity index (χ1n) is 5.59. The van der Waals surface area contributed by atoms with Crippen molar-refractivity contribution in [3.05, 3.63) is 66.0 Å². The summed E-state index contributed by atoms with van der Waals surface area (Å²) in [6.07, 6.45) is 0. The van der Waals surface area contributed by atoms with Gasteiger partial charge in [0.15, 0.2) is 0 Å². The van der Waals surface area contributed by atoms with Gasteiger partial charge in [-0.15, -0.1) is 0 Å². The first-order chi connectivity index (χ1) is 9.47. The van der Waals surface area contributed by atoms with E-state index in [9.17, 15) is 10.1 Å². The van der Waals surface area contributed by atoms with Gasteiger partial charge in [-0.25, -0.2) is 0 Å². The summed E-state index contributed by atoms with van der Waals surface area (Å²) in [7, 11) is 0. The molecule has 0 saturated heterocycles. The number of halogens is 3. The van der Waals surface area contributed by atoms with Crippen LogP contribution in [0.15, 0.2) is 45.3 Å². The molecular formula is C13H9Br2ClN2O2.